The van der Waals surface area contributed by atoms with Crippen LogP contribution in [0.4, 0.5) is 17.1 Å². The van der Waals surface area contributed by atoms with E-state index in [4.69, 9.17) is 9.88 Å². The highest BCUT2D eigenvalue weighted by Gasteiger charge is 2.14. The van der Waals surface area contributed by atoms with E-state index in [0.717, 1.165) is 18.8 Å². The summed E-state index contributed by atoms with van der Waals surface area (Å²) in [4.78, 5) is 28.3. The number of ether oxygens (including phenoxy) is 1. The molecule has 10 nitrogen and oxygen atoms in total. The maximum atomic E-state index is 12.3. The van der Waals surface area contributed by atoms with Crippen molar-refractivity contribution in [1.29, 1.82) is 0 Å². The van der Waals surface area contributed by atoms with Gasteiger partial charge in [-0.1, -0.05) is 0 Å². The molecule has 2 aromatic carbocycles. The van der Waals surface area contributed by atoms with E-state index in [2.05, 4.69) is 15.5 Å². The predicted octanol–water partition coefficient (Wildman–Crippen LogP) is 0.680. The number of nitrogens with two attached hydrogens (primary N) is 1. The van der Waals surface area contributed by atoms with Crippen molar-refractivity contribution in [3.8, 4) is 0 Å². The standard InChI is InChI=1S/C21H27N5O5S/c1-25(15-21(28)24-17-4-8-19(9-5-17)32(22,29)30)14-20(27)23-16-2-6-18(7-3-16)26-10-12-31-13-11-26/h2-9H,10-15H2,1H3,(H,23,27)(H,24,28)(H2,22,29,30). The summed E-state index contributed by atoms with van der Waals surface area (Å²) in [5, 5.41) is 10.5. The zero-order chi connectivity index (χ0) is 23.1. The molecule has 1 fully saturated rings. The second-order valence-corrected chi connectivity index (χ2v) is 9.05. The number of amides is 2. The minimum atomic E-state index is -3.79. The number of nitrogens with zero attached hydrogens (tertiary/aromatic N) is 2. The summed E-state index contributed by atoms with van der Waals surface area (Å²) < 4.78 is 27.9. The summed E-state index contributed by atoms with van der Waals surface area (Å²) in [5.74, 6) is -0.574. The van der Waals surface area contributed by atoms with E-state index in [9.17, 15) is 18.0 Å². The predicted molar refractivity (Wildman–Crippen MR) is 122 cm³/mol. The number of carbonyl (C=O) groups excluding carboxylic acids is 2. The highest BCUT2D eigenvalue weighted by atomic mass is 32.2. The van der Waals surface area contributed by atoms with Crippen LogP contribution in [0, 0.1) is 0 Å². The van der Waals surface area contributed by atoms with Gasteiger partial charge in [-0.05, 0) is 55.6 Å². The van der Waals surface area contributed by atoms with E-state index < -0.39 is 10.0 Å². The number of rotatable bonds is 8. The fourth-order valence-corrected chi connectivity index (χ4v) is 3.77. The zero-order valence-electron chi connectivity index (χ0n) is 17.8. The van der Waals surface area contributed by atoms with Crippen LogP contribution in [0.15, 0.2) is 53.4 Å². The quantitative estimate of drug-likeness (QED) is 0.526. The summed E-state index contributed by atoms with van der Waals surface area (Å²) in [7, 11) is -2.13. The molecule has 2 aromatic rings. The lowest BCUT2D eigenvalue weighted by atomic mass is 10.2. The molecule has 1 aliphatic rings. The Balaban J connectivity index is 1.44. The molecule has 2 amide bonds. The number of nitrogens with one attached hydrogen (secondary N) is 2. The largest absolute Gasteiger partial charge is 0.378 e. The van der Waals surface area contributed by atoms with E-state index in [-0.39, 0.29) is 29.8 Å². The van der Waals surface area contributed by atoms with Gasteiger partial charge in [-0.25, -0.2) is 13.6 Å². The normalized spacial score (nSPS) is 14.3. The van der Waals surface area contributed by atoms with Crippen LogP contribution in [-0.4, -0.2) is 71.6 Å². The summed E-state index contributed by atoms with van der Waals surface area (Å²) in [6, 6.07) is 13.1. The number of primary sulfonamides is 1. The Labute approximate surface area is 187 Å². The SMILES string of the molecule is CN(CC(=O)Nc1ccc(N2CCOCC2)cc1)CC(=O)Nc1ccc(S(N)(=O)=O)cc1. The van der Waals surface area contributed by atoms with Crippen LogP contribution in [0.5, 0.6) is 0 Å². The molecule has 0 aromatic heterocycles. The van der Waals surface area contributed by atoms with E-state index in [1.54, 1.807) is 11.9 Å². The average molecular weight is 462 g/mol. The molecule has 3 rings (SSSR count). The molecule has 0 spiro atoms. The lowest BCUT2D eigenvalue weighted by Crippen LogP contribution is -2.36. The number of carbonyl (C=O) groups is 2. The minimum Gasteiger partial charge on any atom is -0.378 e. The van der Waals surface area contributed by atoms with E-state index in [1.807, 2.05) is 24.3 Å². The molecule has 1 saturated heterocycles. The third kappa shape index (κ3) is 7.02. The molecular weight excluding hydrogens is 434 g/mol. The summed E-state index contributed by atoms with van der Waals surface area (Å²) in [5.41, 5.74) is 2.19. The molecule has 172 valence electrons. The highest BCUT2D eigenvalue weighted by Crippen LogP contribution is 2.19. The molecule has 0 aliphatic carbocycles. The van der Waals surface area contributed by atoms with Crippen molar-refractivity contribution in [3.05, 3.63) is 48.5 Å². The molecule has 1 heterocycles. The molecule has 0 bridgehead atoms. The topological polar surface area (TPSA) is 134 Å². The number of anilines is 3. The minimum absolute atomic E-state index is 0.0136. The Morgan fingerprint density at radius 2 is 1.41 bits per heavy atom. The van der Waals surface area contributed by atoms with Crippen molar-refractivity contribution >= 4 is 38.9 Å². The van der Waals surface area contributed by atoms with Gasteiger partial charge in [0.15, 0.2) is 0 Å². The molecule has 0 atom stereocenters. The number of morpholine rings is 1. The Morgan fingerprint density at radius 1 is 0.938 bits per heavy atom. The summed E-state index contributed by atoms with van der Waals surface area (Å²) >= 11 is 0. The first kappa shape index (κ1) is 23.7. The maximum absolute atomic E-state index is 12.3. The first-order valence-corrected chi connectivity index (χ1v) is 11.6. The fraction of sp³-hybridized carbons (Fsp3) is 0.333. The number of benzene rings is 2. The van der Waals surface area contributed by atoms with Crippen molar-refractivity contribution in [2.24, 2.45) is 5.14 Å². The second kappa shape index (κ2) is 10.6. The van der Waals surface area contributed by atoms with Crippen LogP contribution in [0.3, 0.4) is 0 Å². The zero-order valence-corrected chi connectivity index (χ0v) is 18.6. The van der Waals surface area contributed by atoms with Gasteiger partial charge in [0.1, 0.15) is 0 Å². The van der Waals surface area contributed by atoms with E-state index in [1.165, 1.54) is 24.3 Å². The monoisotopic (exact) mass is 461 g/mol. The van der Waals surface area contributed by atoms with Crippen LogP contribution >= 0.6 is 0 Å². The van der Waals surface area contributed by atoms with Crippen LogP contribution in [-0.2, 0) is 24.3 Å². The highest BCUT2D eigenvalue weighted by molar-refractivity contribution is 7.89. The van der Waals surface area contributed by atoms with Gasteiger partial charge in [-0.3, -0.25) is 14.5 Å². The molecule has 4 N–H and O–H groups in total. The Morgan fingerprint density at radius 3 is 1.88 bits per heavy atom. The van der Waals surface area contributed by atoms with E-state index >= 15 is 0 Å². The van der Waals surface area contributed by atoms with Crippen LogP contribution in [0.1, 0.15) is 0 Å². The molecular formula is C21H27N5O5S. The number of hydrogen-bond donors (Lipinski definition) is 3. The van der Waals surface area contributed by atoms with Gasteiger partial charge in [0.05, 0.1) is 31.2 Å². The van der Waals surface area contributed by atoms with Crippen LogP contribution < -0.4 is 20.7 Å². The fourth-order valence-electron chi connectivity index (χ4n) is 3.25. The third-order valence-corrected chi connectivity index (χ3v) is 5.75. The Bertz CT molecular complexity index is 1040. The summed E-state index contributed by atoms with van der Waals surface area (Å²) in [6.07, 6.45) is 0. The lowest BCUT2D eigenvalue weighted by molar-refractivity contribution is -0.119. The van der Waals surface area contributed by atoms with Crippen molar-refractivity contribution in [2.75, 3.05) is 62.0 Å². The Kier molecular flexibility index (Phi) is 7.80. The maximum Gasteiger partial charge on any atom is 0.238 e. The summed E-state index contributed by atoms with van der Waals surface area (Å²) in [6.45, 7) is 3.12. The van der Waals surface area contributed by atoms with Crippen molar-refractivity contribution in [2.45, 2.75) is 4.90 Å². The second-order valence-electron chi connectivity index (χ2n) is 7.48. The molecule has 1 aliphatic heterocycles. The molecule has 32 heavy (non-hydrogen) atoms. The lowest BCUT2D eigenvalue weighted by Gasteiger charge is -2.28. The van der Waals surface area contributed by atoms with Gasteiger partial charge in [-0.15, -0.1) is 0 Å². The average Bonchev–Trinajstić information content (AvgIpc) is 2.74. The molecule has 11 heteroatoms. The smallest absolute Gasteiger partial charge is 0.238 e. The van der Waals surface area contributed by atoms with Crippen LogP contribution in [0.25, 0.3) is 0 Å². The van der Waals surface area contributed by atoms with Gasteiger partial charge in [0.25, 0.3) is 0 Å². The molecule has 0 radical (unpaired) electrons. The van der Waals surface area contributed by atoms with Gasteiger partial charge >= 0.3 is 0 Å². The number of hydrogen-bond acceptors (Lipinski definition) is 7. The Hall–Kier alpha value is -2.99. The first-order valence-electron chi connectivity index (χ1n) is 10.0. The van der Waals surface area contributed by atoms with Gasteiger partial charge in [0, 0.05) is 30.2 Å². The number of likely N-dealkylation sites (N-methyl/N-ethyl adjacent to an activating group) is 1. The first-order chi connectivity index (χ1) is 15.2. The van der Waals surface area contributed by atoms with Crippen LogP contribution in [0.2, 0.25) is 0 Å². The van der Waals surface area contributed by atoms with Crippen molar-refractivity contribution < 1.29 is 22.7 Å². The van der Waals surface area contributed by atoms with E-state index in [0.29, 0.717) is 24.6 Å². The van der Waals surface area contributed by atoms with Crippen molar-refractivity contribution in [1.82, 2.24) is 4.90 Å². The van der Waals surface area contributed by atoms with Gasteiger partial charge in [0.2, 0.25) is 21.8 Å². The molecule has 0 unspecified atom stereocenters. The third-order valence-electron chi connectivity index (χ3n) is 4.82. The number of sulfonamides is 1. The van der Waals surface area contributed by atoms with Gasteiger partial charge < -0.3 is 20.3 Å². The van der Waals surface area contributed by atoms with Gasteiger partial charge in [-0.2, -0.15) is 0 Å². The van der Waals surface area contributed by atoms with Crippen molar-refractivity contribution in [3.63, 3.8) is 0 Å². The molecule has 0 saturated carbocycles.